The number of carbonyl (C=O) groups excluding carboxylic acids is 1. The molecule has 7 heteroatoms. The molecule has 1 amide bonds. The molecule has 3 N–H and O–H groups in total. The van der Waals surface area contributed by atoms with Crippen LogP contribution in [-0.4, -0.2) is 19.9 Å². The zero-order valence-corrected chi connectivity index (χ0v) is 15.1. The van der Waals surface area contributed by atoms with E-state index >= 15 is 0 Å². The fraction of sp³-hybridized carbons (Fsp3) is 0.611. The van der Waals surface area contributed by atoms with Crippen molar-refractivity contribution in [2.45, 2.75) is 56.9 Å². The third kappa shape index (κ3) is 3.04. The number of hydrogen-bond donors (Lipinski definition) is 2. The first-order valence-corrected chi connectivity index (χ1v) is 10.4. The lowest BCUT2D eigenvalue weighted by Crippen LogP contribution is -2.60. The highest BCUT2D eigenvalue weighted by atomic mass is 32.2. The van der Waals surface area contributed by atoms with Gasteiger partial charge in [-0.2, -0.15) is 13.6 Å². The van der Waals surface area contributed by atoms with Gasteiger partial charge in [-0.1, -0.05) is 6.07 Å². The summed E-state index contributed by atoms with van der Waals surface area (Å²) >= 11 is 0. The van der Waals surface area contributed by atoms with E-state index in [0.29, 0.717) is 24.2 Å². The van der Waals surface area contributed by atoms with Gasteiger partial charge in [0.05, 0.1) is 0 Å². The van der Waals surface area contributed by atoms with Gasteiger partial charge in [-0.05, 0) is 80.0 Å². The van der Waals surface area contributed by atoms with Crippen LogP contribution in [0.15, 0.2) is 18.2 Å². The Labute approximate surface area is 148 Å². The van der Waals surface area contributed by atoms with Gasteiger partial charge in [-0.25, -0.2) is 0 Å². The Bertz CT molecular complexity index is 822. The number of fused-ring (bicyclic) bond motifs is 5. The maximum atomic E-state index is 11.8. The highest BCUT2D eigenvalue weighted by molar-refractivity contribution is 7.84. The van der Waals surface area contributed by atoms with Crippen LogP contribution < -0.4 is 14.6 Å². The number of nitrogens with one attached hydrogen (secondary N) is 1. The summed E-state index contributed by atoms with van der Waals surface area (Å²) in [6.07, 6.45) is 5.58. The first kappa shape index (κ1) is 16.8. The van der Waals surface area contributed by atoms with Gasteiger partial charge in [-0.3, -0.25) is 4.79 Å². The lowest BCUT2D eigenvalue weighted by molar-refractivity contribution is -0.129. The highest BCUT2D eigenvalue weighted by Crippen LogP contribution is 2.53. The molecule has 136 valence electrons. The van der Waals surface area contributed by atoms with Crippen molar-refractivity contribution in [3.63, 3.8) is 0 Å². The minimum atomic E-state index is -4.00. The molecule has 1 saturated carbocycles. The molecule has 1 saturated heterocycles. The maximum Gasteiger partial charge on any atom is 0.380 e. The van der Waals surface area contributed by atoms with Crippen LogP contribution in [0.25, 0.3) is 0 Å². The van der Waals surface area contributed by atoms with Crippen LogP contribution in [0.3, 0.4) is 0 Å². The van der Waals surface area contributed by atoms with Crippen molar-refractivity contribution in [2.75, 3.05) is 0 Å². The lowest BCUT2D eigenvalue weighted by Gasteiger charge is -2.54. The van der Waals surface area contributed by atoms with Crippen molar-refractivity contribution in [2.24, 2.45) is 17.0 Å². The summed E-state index contributed by atoms with van der Waals surface area (Å²) in [5.74, 6) is 2.01. The van der Waals surface area contributed by atoms with Gasteiger partial charge in [0.1, 0.15) is 5.75 Å². The van der Waals surface area contributed by atoms with E-state index in [-0.39, 0.29) is 17.2 Å². The summed E-state index contributed by atoms with van der Waals surface area (Å²) in [5.41, 5.74) is 2.38. The van der Waals surface area contributed by atoms with E-state index in [1.54, 1.807) is 6.07 Å². The van der Waals surface area contributed by atoms with Crippen LogP contribution in [0, 0.1) is 11.8 Å². The lowest BCUT2D eigenvalue weighted by atomic mass is 9.55. The van der Waals surface area contributed by atoms with E-state index in [1.807, 2.05) is 12.1 Å². The molecule has 3 aliphatic rings. The van der Waals surface area contributed by atoms with E-state index in [1.165, 1.54) is 5.56 Å². The summed E-state index contributed by atoms with van der Waals surface area (Å²) in [6, 6.07) is 5.51. The number of aryl methyl sites for hydroxylation is 1. The van der Waals surface area contributed by atoms with Gasteiger partial charge in [0.15, 0.2) is 0 Å². The summed E-state index contributed by atoms with van der Waals surface area (Å²) < 4.78 is 27.1. The number of nitrogens with two attached hydrogens (primary N) is 1. The molecule has 4 rings (SSSR count). The second-order valence-corrected chi connectivity index (χ2v) is 9.05. The predicted molar refractivity (Wildman–Crippen MR) is 93.2 cm³/mol. The van der Waals surface area contributed by atoms with Gasteiger partial charge in [0.2, 0.25) is 5.91 Å². The van der Waals surface area contributed by atoms with E-state index in [0.717, 1.165) is 37.7 Å². The molecule has 1 aliphatic heterocycles. The molecule has 1 heterocycles. The highest BCUT2D eigenvalue weighted by Gasteiger charge is 2.50. The van der Waals surface area contributed by atoms with Crippen LogP contribution in [0.2, 0.25) is 0 Å². The quantitative estimate of drug-likeness (QED) is 0.838. The molecule has 4 unspecified atom stereocenters. The molecule has 2 aliphatic carbocycles. The standard InChI is InChI=1S/C18H24N2O4S/c1-18-9-8-14-13-5-3-12(24-25(19,22)23)10-11(13)2-4-15(14)16(18)6-7-17(21)20-18/h3,5,10,14-16H,2,4,6-9H2,1H3,(H,20,21)(H2,19,22,23). The number of rotatable bonds is 2. The fourth-order valence-corrected chi connectivity index (χ4v) is 5.79. The monoisotopic (exact) mass is 364 g/mol. The second kappa shape index (κ2) is 5.71. The van der Waals surface area contributed by atoms with Gasteiger partial charge < -0.3 is 9.50 Å². The molecule has 0 radical (unpaired) electrons. The van der Waals surface area contributed by atoms with Gasteiger partial charge in [0.25, 0.3) is 0 Å². The number of benzene rings is 1. The molecule has 25 heavy (non-hydrogen) atoms. The first-order chi connectivity index (χ1) is 11.8. The van der Waals surface area contributed by atoms with Crippen LogP contribution >= 0.6 is 0 Å². The number of hydrogen-bond acceptors (Lipinski definition) is 4. The van der Waals surface area contributed by atoms with Crippen LogP contribution in [0.5, 0.6) is 5.75 Å². The summed E-state index contributed by atoms with van der Waals surface area (Å²) in [5, 5.41) is 8.21. The number of amides is 1. The molecule has 0 bridgehead atoms. The van der Waals surface area contributed by atoms with Crippen molar-refractivity contribution < 1.29 is 17.4 Å². The van der Waals surface area contributed by atoms with Crippen molar-refractivity contribution >= 4 is 16.2 Å². The van der Waals surface area contributed by atoms with Gasteiger partial charge >= 0.3 is 10.3 Å². The number of carbonyl (C=O) groups is 1. The third-order valence-electron chi connectivity index (χ3n) is 6.41. The Morgan fingerprint density at radius 1 is 1.24 bits per heavy atom. The molecule has 0 aromatic heterocycles. The Kier molecular flexibility index (Phi) is 3.85. The van der Waals surface area contributed by atoms with E-state index in [9.17, 15) is 13.2 Å². The topological polar surface area (TPSA) is 98.5 Å². The normalized spacial score (nSPS) is 34.3. The Morgan fingerprint density at radius 2 is 2.04 bits per heavy atom. The van der Waals surface area contributed by atoms with Crippen molar-refractivity contribution in [3.05, 3.63) is 29.3 Å². The minimum Gasteiger partial charge on any atom is -0.371 e. The number of piperidine rings is 1. The summed E-state index contributed by atoms with van der Waals surface area (Å²) in [6.45, 7) is 2.20. The fourth-order valence-electron chi connectivity index (χ4n) is 5.42. The molecule has 6 nitrogen and oxygen atoms in total. The molecule has 1 aromatic carbocycles. The summed E-state index contributed by atoms with van der Waals surface area (Å²) in [7, 11) is -4.00. The Balaban J connectivity index is 1.62. The molecular weight excluding hydrogens is 340 g/mol. The third-order valence-corrected chi connectivity index (χ3v) is 6.83. The van der Waals surface area contributed by atoms with E-state index in [4.69, 9.17) is 9.32 Å². The van der Waals surface area contributed by atoms with Crippen LogP contribution in [0.4, 0.5) is 0 Å². The van der Waals surface area contributed by atoms with Gasteiger partial charge in [-0.15, -0.1) is 0 Å². The average Bonchev–Trinajstić information content (AvgIpc) is 2.51. The van der Waals surface area contributed by atoms with Gasteiger partial charge in [0, 0.05) is 12.0 Å². The SMILES string of the molecule is CC12CCC3c4ccc(OS(N)(=O)=O)cc4CCC3C1CCC(=O)N2. The van der Waals surface area contributed by atoms with Crippen molar-refractivity contribution in [3.8, 4) is 5.75 Å². The molecular formula is C18H24N2O4S. The smallest absolute Gasteiger partial charge is 0.371 e. The molecule has 0 spiro atoms. The first-order valence-electron chi connectivity index (χ1n) is 8.91. The summed E-state index contributed by atoms with van der Waals surface area (Å²) in [4.78, 5) is 11.8. The average molecular weight is 364 g/mol. The zero-order chi connectivity index (χ0) is 17.8. The van der Waals surface area contributed by atoms with Crippen LogP contribution in [0.1, 0.15) is 56.1 Å². The maximum absolute atomic E-state index is 11.8. The van der Waals surface area contributed by atoms with Crippen molar-refractivity contribution in [1.82, 2.24) is 5.32 Å². The Hall–Kier alpha value is -1.60. The largest absolute Gasteiger partial charge is 0.380 e. The molecule has 2 fully saturated rings. The van der Waals surface area contributed by atoms with E-state index < -0.39 is 10.3 Å². The second-order valence-electron chi connectivity index (χ2n) is 7.90. The van der Waals surface area contributed by atoms with Crippen LogP contribution in [-0.2, 0) is 21.5 Å². The van der Waals surface area contributed by atoms with Crippen molar-refractivity contribution in [1.29, 1.82) is 0 Å². The Morgan fingerprint density at radius 3 is 2.80 bits per heavy atom. The predicted octanol–water partition coefficient (Wildman–Crippen LogP) is 1.99. The molecule has 4 atom stereocenters. The zero-order valence-electron chi connectivity index (χ0n) is 14.3. The van der Waals surface area contributed by atoms with E-state index in [2.05, 4.69) is 12.2 Å². The molecule has 1 aromatic rings. The minimum absolute atomic E-state index is 0.0787.